The van der Waals surface area contributed by atoms with Crippen molar-refractivity contribution in [2.45, 2.75) is 24.2 Å². The van der Waals surface area contributed by atoms with Crippen LogP contribution in [0.2, 0.25) is 0 Å². The van der Waals surface area contributed by atoms with E-state index in [1.165, 1.54) is 23.5 Å². The molecule has 0 amide bonds. The minimum Gasteiger partial charge on any atom is -0.258 e. The molecule has 4 rings (SSSR count). The third-order valence-electron chi connectivity index (χ3n) is 5.08. The molecule has 9 nitrogen and oxygen atoms in total. The fourth-order valence-electron chi connectivity index (χ4n) is 3.35. The highest BCUT2D eigenvalue weighted by molar-refractivity contribution is 7.89. The van der Waals surface area contributed by atoms with E-state index in [9.17, 15) is 18.5 Å². The van der Waals surface area contributed by atoms with Crippen molar-refractivity contribution in [1.29, 1.82) is 0 Å². The third kappa shape index (κ3) is 5.01. The zero-order valence-electron chi connectivity index (χ0n) is 17.0. The average Bonchev–Trinajstić information content (AvgIpc) is 3.29. The maximum Gasteiger partial charge on any atom is 0.269 e. The van der Waals surface area contributed by atoms with Crippen LogP contribution in [0.5, 0.6) is 0 Å². The van der Waals surface area contributed by atoms with E-state index in [4.69, 9.17) is 0 Å². The first kappa shape index (κ1) is 22.1. The Balaban J connectivity index is 1.40. The van der Waals surface area contributed by atoms with Gasteiger partial charge in [-0.05, 0) is 42.7 Å². The zero-order valence-corrected chi connectivity index (χ0v) is 18.7. The molecule has 1 aliphatic heterocycles. The summed E-state index contributed by atoms with van der Waals surface area (Å²) < 4.78 is 27.1. The number of hydrogen-bond donors (Lipinski definition) is 1. The van der Waals surface area contributed by atoms with Crippen LogP contribution in [0.4, 0.5) is 10.8 Å². The van der Waals surface area contributed by atoms with Crippen molar-refractivity contribution in [2.24, 2.45) is 5.10 Å². The molecule has 1 saturated heterocycles. The van der Waals surface area contributed by atoms with Crippen molar-refractivity contribution < 1.29 is 13.3 Å². The van der Waals surface area contributed by atoms with E-state index in [0.29, 0.717) is 34.4 Å². The smallest absolute Gasteiger partial charge is 0.258 e. The number of benzene rings is 2. The van der Waals surface area contributed by atoms with Crippen molar-refractivity contribution in [1.82, 2.24) is 9.29 Å². The van der Waals surface area contributed by atoms with Crippen LogP contribution in [0.25, 0.3) is 11.3 Å². The maximum absolute atomic E-state index is 12.8. The van der Waals surface area contributed by atoms with Gasteiger partial charge in [0.2, 0.25) is 15.2 Å². The molecule has 166 valence electrons. The SMILES string of the molecule is O=[N+]([O-])c1ccc(/C=N/Nc2nc(-c3ccc(S(=O)(=O)N4CCCCC4)cc3)cs2)cc1. The number of nitro groups is 1. The van der Waals surface area contributed by atoms with Crippen LogP contribution in [-0.2, 0) is 10.0 Å². The van der Waals surface area contributed by atoms with Gasteiger partial charge in [0.25, 0.3) is 5.69 Å². The highest BCUT2D eigenvalue weighted by Crippen LogP contribution is 2.27. The second-order valence-electron chi connectivity index (χ2n) is 7.25. The minimum absolute atomic E-state index is 0.0226. The number of aromatic nitrogens is 1. The van der Waals surface area contributed by atoms with Gasteiger partial charge >= 0.3 is 0 Å². The summed E-state index contributed by atoms with van der Waals surface area (Å²) in [5.41, 5.74) is 5.10. The van der Waals surface area contributed by atoms with E-state index in [0.717, 1.165) is 24.8 Å². The Labute approximate surface area is 189 Å². The molecule has 1 aliphatic rings. The van der Waals surface area contributed by atoms with Crippen molar-refractivity contribution in [2.75, 3.05) is 18.5 Å². The molecule has 1 aromatic heterocycles. The van der Waals surface area contributed by atoms with E-state index in [1.807, 2.05) is 5.38 Å². The van der Waals surface area contributed by atoms with Gasteiger partial charge in [0.1, 0.15) is 0 Å². The van der Waals surface area contributed by atoms with Gasteiger partial charge < -0.3 is 0 Å². The molecule has 0 spiro atoms. The van der Waals surface area contributed by atoms with Gasteiger partial charge in [-0.3, -0.25) is 15.5 Å². The lowest BCUT2D eigenvalue weighted by Gasteiger charge is -2.25. The topological polar surface area (TPSA) is 118 Å². The summed E-state index contributed by atoms with van der Waals surface area (Å²) in [4.78, 5) is 15.0. The Hall–Kier alpha value is -3.15. The molecule has 1 fully saturated rings. The number of sulfonamides is 1. The molecule has 2 aromatic carbocycles. The molecule has 1 N–H and O–H groups in total. The van der Waals surface area contributed by atoms with Gasteiger partial charge in [0.15, 0.2) is 0 Å². The molecule has 2 heterocycles. The van der Waals surface area contributed by atoms with E-state index in [-0.39, 0.29) is 5.69 Å². The lowest BCUT2D eigenvalue weighted by atomic mass is 10.2. The van der Waals surface area contributed by atoms with Crippen molar-refractivity contribution in [3.8, 4) is 11.3 Å². The second kappa shape index (κ2) is 9.55. The first-order chi connectivity index (χ1) is 15.4. The molecule has 11 heteroatoms. The number of non-ortho nitro benzene ring substituents is 1. The van der Waals surface area contributed by atoms with Crippen molar-refractivity contribution >= 4 is 38.4 Å². The second-order valence-corrected chi connectivity index (χ2v) is 10.0. The Kier molecular flexibility index (Phi) is 6.58. The van der Waals surface area contributed by atoms with Gasteiger partial charge in [-0.25, -0.2) is 13.4 Å². The number of anilines is 1. The van der Waals surface area contributed by atoms with Gasteiger partial charge in [-0.15, -0.1) is 11.3 Å². The zero-order chi connectivity index (χ0) is 22.6. The predicted octanol–water partition coefficient (Wildman–Crippen LogP) is 4.34. The van der Waals surface area contributed by atoms with Crippen molar-refractivity contribution in [3.05, 3.63) is 69.6 Å². The summed E-state index contributed by atoms with van der Waals surface area (Å²) in [6, 6.07) is 12.8. The van der Waals surface area contributed by atoms with Crippen molar-refractivity contribution in [3.63, 3.8) is 0 Å². The summed E-state index contributed by atoms with van der Waals surface area (Å²) in [7, 11) is -3.45. The lowest BCUT2D eigenvalue weighted by molar-refractivity contribution is -0.384. The lowest BCUT2D eigenvalue weighted by Crippen LogP contribution is -2.35. The van der Waals surface area contributed by atoms with Crippen LogP contribution in [0, 0.1) is 10.1 Å². The standard InChI is InChI=1S/C21H21N5O4S2/c27-26(28)18-8-4-16(5-9-18)14-22-24-21-23-20(15-31-21)17-6-10-19(11-7-17)32(29,30)25-12-2-1-3-13-25/h4-11,14-15H,1-3,12-13H2,(H,23,24)/b22-14+. The minimum atomic E-state index is -3.45. The Morgan fingerprint density at radius 1 is 1.06 bits per heavy atom. The average molecular weight is 472 g/mol. The normalized spacial score (nSPS) is 15.1. The molecule has 0 unspecified atom stereocenters. The predicted molar refractivity (Wildman–Crippen MR) is 124 cm³/mol. The number of thiazole rings is 1. The van der Waals surface area contributed by atoms with Crippen LogP contribution in [-0.4, -0.2) is 41.9 Å². The van der Waals surface area contributed by atoms with E-state index >= 15 is 0 Å². The summed E-state index contributed by atoms with van der Waals surface area (Å²) in [6.45, 7) is 1.15. The maximum atomic E-state index is 12.8. The molecule has 0 bridgehead atoms. The summed E-state index contributed by atoms with van der Waals surface area (Å²) >= 11 is 1.37. The summed E-state index contributed by atoms with van der Waals surface area (Å²) in [5.74, 6) is 0. The Morgan fingerprint density at radius 3 is 2.41 bits per heavy atom. The van der Waals surface area contributed by atoms with Crippen LogP contribution >= 0.6 is 11.3 Å². The fourth-order valence-corrected chi connectivity index (χ4v) is 5.54. The molecular formula is C21H21N5O4S2. The van der Waals surface area contributed by atoms with Crippen LogP contribution in [0.3, 0.4) is 0 Å². The monoisotopic (exact) mass is 471 g/mol. The van der Waals surface area contributed by atoms with Gasteiger partial charge in [0.05, 0.1) is 21.7 Å². The Morgan fingerprint density at radius 2 is 1.75 bits per heavy atom. The highest BCUT2D eigenvalue weighted by atomic mass is 32.2. The molecule has 0 atom stereocenters. The van der Waals surface area contributed by atoms with Crippen LogP contribution in [0.15, 0.2) is 63.9 Å². The largest absolute Gasteiger partial charge is 0.269 e. The van der Waals surface area contributed by atoms with E-state index in [2.05, 4.69) is 15.5 Å². The molecule has 3 aromatic rings. The Bertz CT molecular complexity index is 1220. The number of nitrogens with zero attached hydrogens (tertiary/aromatic N) is 4. The number of piperidine rings is 1. The number of hydrogen-bond acceptors (Lipinski definition) is 8. The summed E-state index contributed by atoms with van der Waals surface area (Å²) in [5, 5.41) is 17.2. The molecule has 0 saturated carbocycles. The third-order valence-corrected chi connectivity index (χ3v) is 7.74. The van der Waals surface area contributed by atoms with Gasteiger partial charge in [-0.2, -0.15) is 9.41 Å². The van der Waals surface area contributed by atoms with E-state index in [1.54, 1.807) is 46.9 Å². The number of nitro benzene ring substituents is 1. The molecular weight excluding hydrogens is 450 g/mol. The molecule has 0 radical (unpaired) electrons. The highest BCUT2D eigenvalue weighted by Gasteiger charge is 2.25. The van der Waals surface area contributed by atoms with E-state index < -0.39 is 14.9 Å². The van der Waals surface area contributed by atoms with Gasteiger partial charge in [-0.1, -0.05) is 18.6 Å². The fraction of sp³-hybridized carbons (Fsp3) is 0.238. The number of nitrogens with one attached hydrogen (secondary N) is 1. The number of hydrazone groups is 1. The molecule has 32 heavy (non-hydrogen) atoms. The summed E-state index contributed by atoms with van der Waals surface area (Å²) in [6.07, 6.45) is 4.42. The first-order valence-electron chi connectivity index (χ1n) is 10.0. The molecule has 0 aliphatic carbocycles. The van der Waals surface area contributed by atoms with Crippen LogP contribution in [0.1, 0.15) is 24.8 Å². The van der Waals surface area contributed by atoms with Gasteiger partial charge in [0, 0.05) is 36.2 Å². The quantitative estimate of drug-likeness (QED) is 0.311. The number of rotatable bonds is 7. The van der Waals surface area contributed by atoms with Crippen LogP contribution < -0.4 is 5.43 Å². The first-order valence-corrected chi connectivity index (χ1v) is 12.3.